The van der Waals surface area contributed by atoms with Gasteiger partial charge in [0, 0.05) is 5.69 Å². The number of carbonyl (C=O) groups excluding carboxylic acids is 1. The van der Waals surface area contributed by atoms with E-state index in [1.54, 1.807) is 24.3 Å². The average Bonchev–Trinajstić information content (AvgIpc) is 2.72. The highest BCUT2D eigenvalue weighted by molar-refractivity contribution is 7.92. The van der Waals surface area contributed by atoms with E-state index in [0.29, 0.717) is 18.8 Å². The number of halogens is 1. The lowest BCUT2D eigenvalue weighted by molar-refractivity contribution is -0.120. The summed E-state index contributed by atoms with van der Waals surface area (Å²) in [5.74, 6) is 0.104. The SMILES string of the molecule is Cc1cc(C)cc(OCCNC(=O)Cc2ccc(NS(=O)(=O)c3ccc(F)cc3)cc2)c1. The summed E-state index contributed by atoms with van der Waals surface area (Å²) in [7, 11) is -3.82. The molecule has 168 valence electrons. The lowest BCUT2D eigenvalue weighted by atomic mass is 10.1. The number of aryl methyl sites for hydroxylation is 2. The topological polar surface area (TPSA) is 84.5 Å². The minimum absolute atomic E-state index is 0.0367. The molecule has 0 atom stereocenters. The summed E-state index contributed by atoms with van der Waals surface area (Å²) in [6.45, 7) is 4.74. The molecule has 0 radical (unpaired) electrons. The highest BCUT2D eigenvalue weighted by Crippen LogP contribution is 2.18. The van der Waals surface area contributed by atoms with E-state index < -0.39 is 15.8 Å². The van der Waals surface area contributed by atoms with E-state index in [0.717, 1.165) is 34.6 Å². The van der Waals surface area contributed by atoms with Crippen LogP contribution in [0.2, 0.25) is 0 Å². The Balaban J connectivity index is 1.46. The normalized spacial score (nSPS) is 11.1. The fraction of sp³-hybridized carbons (Fsp3) is 0.208. The predicted octanol–water partition coefficient (Wildman–Crippen LogP) is 3.98. The van der Waals surface area contributed by atoms with Crippen molar-refractivity contribution in [2.75, 3.05) is 17.9 Å². The molecule has 0 aliphatic heterocycles. The van der Waals surface area contributed by atoms with E-state index in [9.17, 15) is 17.6 Å². The van der Waals surface area contributed by atoms with Gasteiger partial charge in [-0.1, -0.05) is 18.2 Å². The first kappa shape index (κ1) is 23.3. The largest absolute Gasteiger partial charge is 0.492 e. The molecular formula is C24H25FN2O4S. The van der Waals surface area contributed by atoms with Crippen molar-refractivity contribution in [2.24, 2.45) is 0 Å². The van der Waals surface area contributed by atoms with E-state index in [-0.39, 0.29) is 17.2 Å². The summed E-state index contributed by atoms with van der Waals surface area (Å²) in [5.41, 5.74) is 3.32. The molecule has 0 aromatic heterocycles. The van der Waals surface area contributed by atoms with Crippen LogP contribution in [0.5, 0.6) is 5.75 Å². The summed E-state index contributed by atoms with van der Waals surface area (Å²) in [6.07, 6.45) is 0.161. The van der Waals surface area contributed by atoms with Crippen LogP contribution in [-0.4, -0.2) is 27.5 Å². The highest BCUT2D eigenvalue weighted by Gasteiger charge is 2.14. The Kier molecular flexibility index (Phi) is 7.48. The number of sulfonamides is 1. The number of benzene rings is 3. The highest BCUT2D eigenvalue weighted by atomic mass is 32.2. The fourth-order valence-electron chi connectivity index (χ4n) is 3.14. The Bertz CT molecular complexity index is 1160. The predicted molar refractivity (Wildman–Crippen MR) is 122 cm³/mol. The van der Waals surface area contributed by atoms with Gasteiger partial charge in [0.25, 0.3) is 10.0 Å². The van der Waals surface area contributed by atoms with Crippen molar-refractivity contribution in [1.29, 1.82) is 0 Å². The number of nitrogens with one attached hydrogen (secondary N) is 2. The Morgan fingerprint density at radius 3 is 2.19 bits per heavy atom. The molecule has 1 amide bonds. The molecule has 3 rings (SSSR count). The summed E-state index contributed by atoms with van der Waals surface area (Å²) in [4.78, 5) is 12.1. The van der Waals surface area contributed by atoms with Crippen molar-refractivity contribution in [3.05, 3.63) is 89.2 Å². The van der Waals surface area contributed by atoms with Gasteiger partial charge in [-0.3, -0.25) is 9.52 Å². The maximum atomic E-state index is 13.0. The van der Waals surface area contributed by atoms with Crippen molar-refractivity contribution < 1.29 is 22.3 Å². The van der Waals surface area contributed by atoms with Crippen LogP contribution in [-0.2, 0) is 21.2 Å². The number of amides is 1. The molecular weight excluding hydrogens is 431 g/mol. The van der Waals surface area contributed by atoms with Crippen molar-refractivity contribution in [2.45, 2.75) is 25.2 Å². The average molecular weight is 457 g/mol. The van der Waals surface area contributed by atoms with Crippen LogP contribution in [0.15, 0.2) is 71.6 Å². The standard InChI is InChI=1S/C24H25FN2O4S/c1-17-13-18(2)15-22(14-17)31-12-11-26-24(28)16-19-3-7-21(8-4-19)27-32(29,30)23-9-5-20(25)6-10-23/h3-10,13-15,27H,11-12,16H2,1-2H3,(H,26,28). The van der Waals surface area contributed by atoms with Gasteiger partial charge in [0.15, 0.2) is 0 Å². The zero-order chi connectivity index (χ0) is 23.1. The molecule has 0 heterocycles. The van der Waals surface area contributed by atoms with Gasteiger partial charge in [-0.15, -0.1) is 0 Å². The third-order valence-electron chi connectivity index (χ3n) is 4.58. The second-order valence-corrected chi connectivity index (χ2v) is 9.14. The number of anilines is 1. The number of carbonyl (C=O) groups is 1. The third-order valence-corrected chi connectivity index (χ3v) is 5.98. The van der Waals surface area contributed by atoms with Crippen molar-refractivity contribution in [3.8, 4) is 5.75 Å². The first-order chi connectivity index (χ1) is 15.2. The molecule has 0 spiro atoms. The Hall–Kier alpha value is -3.39. The Morgan fingerprint density at radius 2 is 1.56 bits per heavy atom. The first-order valence-corrected chi connectivity index (χ1v) is 11.5. The maximum Gasteiger partial charge on any atom is 0.261 e. The number of rotatable bonds is 9. The van der Waals surface area contributed by atoms with Crippen LogP contribution >= 0.6 is 0 Å². The molecule has 6 nitrogen and oxygen atoms in total. The van der Waals surface area contributed by atoms with Crippen LogP contribution in [0.1, 0.15) is 16.7 Å². The van der Waals surface area contributed by atoms with Crippen LogP contribution in [0.3, 0.4) is 0 Å². The van der Waals surface area contributed by atoms with Gasteiger partial charge in [0.2, 0.25) is 5.91 Å². The van der Waals surface area contributed by atoms with Gasteiger partial charge in [-0.05, 0) is 79.1 Å². The molecule has 32 heavy (non-hydrogen) atoms. The van der Waals surface area contributed by atoms with Gasteiger partial charge in [0.1, 0.15) is 18.2 Å². The number of hydrogen-bond acceptors (Lipinski definition) is 4. The Morgan fingerprint density at radius 1 is 0.938 bits per heavy atom. The van der Waals surface area contributed by atoms with Crippen molar-refractivity contribution in [1.82, 2.24) is 5.32 Å². The van der Waals surface area contributed by atoms with Crippen molar-refractivity contribution >= 4 is 21.6 Å². The molecule has 3 aromatic carbocycles. The van der Waals surface area contributed by atoms with Gasteiger partial charge in [-0.25, -0.2) is 12.8 Å². The Labute approximate surface area is 187 Å². The number of ether oxygens (including phenoxy) is 1. The maximum absolute atomic E-state index is 13.0. The molecule has 0 unspecified atom stereocenters. The summed E-state index contributed by atoms with van der Waals surface area (Å²) >= 11 is 0. The summed E-state index contributed by atoms with van der Waals surface area (Å²) in [5, 5.41) is 2.80. The van der Waals surface area contributed by atoms with Gasteiger partial charge in [0.05, 0.1) is 17.9 Å². The molecule has 0 fully saturated rings. The fourth-order valence-corrected chi connectivity index (χ4v) is 4.20. The van der Waals surface area contributed by atoms with Gasteiger partial charge in [-0.2, -0.15) is 0 Å². The lowest BCUT2D eigenvalue weighted by Crippen LogP contribution is -2.29. The quantitative estimate of drug-likeness (QED) is 0.477. The van der Waals surface area contributed by atoms with E-state index in [4.69, 9.17) is 4.74 Å². The second-order valence-electron chi connectivity index (χ2n) is 7.45. The molecule has 0 saturated carbocycles. The zero-order valence-corrected chi connectivity index (χ0v) is 18.7. The zero-order valence-electron chi connectivity index (χ0n) is 17.9. The van der Waals surface area contributed by atoms with Crippen LogP contribution in [0, 0.1) is 19.7 Å². The minimum Gasteiger partial charge on any atom is -0.492 e. The lowest BCUT2D eigenvalue weighted by Gasteiger charge is -2.10. The van der Waals surface area contributed by atoms with E-state index >= 15 is 0 Å². The van der Waals surface area contributed by atoms with Crippen LogP contribution in [0.4, 0.5) is 10.1 Å². The van der Waals surface area contributed by atoms with E-state index in [2.05, 4.69) is 16.1 Å². The van der Waals surface area contributed by atoms with Gasteiger partial charge < -0.3 is 10.1 Å². The molecule has 0 bridgehead atoms. The molecule has 0 aliphatic rings. The van der Waals surface area contributed by atoms with E-state index in [1.165, 1.54) is 12.1 Å². The number of hydrogen-bond donors (Lipinski definition) is 2. The van der Waals surface area contributed by atoms with Crippen molar-refractivity contribution in [3.63, 3.8) is 0 Å². The molecule has 0 saturated heterocycles. The molecule has 2 N–H and O–H groups in total. The smallest absolute Gasteiger partial charge is 0.261 e. The second kappa shape index (κ2) is 10.3. The van der Waals surface area contributed by atoms with E-state index in [1.807, 2.05) is 26.0 Å². The van der Waals surface area contributed by atoms with Crippen LogP contribution < -0.4 is 14.8 Å². The van der Waals surface area contributed by atoms with Gasteiger partial charge >= 0.3 is 0 Å². The monoisotopic (exact) mass is 456 g/mol. The summed E-state index contributed by atoms with van der Waals surface area (Å²) in [6, 6.07) is 17.0. The minimum atomic E-state index is -3.82. The molecule has 0 aliphatic carbocycles. The van der Waals surface area contributed by atoms with Crippen LogP contribution in [0.25, 0.3) is 0 Å². The molecule has 8 heteroatoms. The summed E-state index contributed by atoms with van der Waals surface area (Å²) < 4.78 is 45.8. The third kappa shape index (κ3) is 6.81. The molecule has 3 aromatic rings. The first-order valence-electron chi connectivity index (χ1n) is 10.1.